The van der Waals surface area contributed by atoms with Crippen molar-refractivity contribution in [2.24, 2.45) is 4.99 Å². The number of guanidine groups is 1. The highest BCUT2D eigenvalue weighted by atomic mass is 127. The number of benzene rings is 2. The van der Waals surface area contributed by atoms with Crippen LogP contribution in [0.4, 0.5) is 4.39 Å². The second-order valence-electron chi connectivity index (χ2n) is 5.96. The third-order valence-corrected chi connectivity index (χ3v) is 4.14. The van der Waals surface area contributed by atoms with Crippen molar-refractivity contribution >= 4 is 29.9 Å². The second kappa shape index (κ2) is 13.1. The van der Waals surface area contributed by atoms with Crippen LogP contribution in [0.3, 0.4) is 0 Å². The van der Waals surface area contributed by atoms with Gasteiger partial charge in [0.05, 0.1) is 20.8 Å². The molecule has 0 aliphatic carbocycles. The molecule has 29 heavy (non-hydrogen) atoms. The Labute approximate surface area is 188 Å². The Morgan fingerprint density at radius 2 is 1.72 bits per heavy atom. The summed E-state index contributed by atoms with van der Waals surface area (Å²) in [5, 5.41) is 6.42. The van der Waals surface area contributed by atoms with Crippen LogP contribution in [0.1, 0.15) is 18.1 Å². The Bertz CT molecular complexity index is 777. The van der Waals surface area contributed by atoms with Crippen molar-refractivity contribution in [1.82, 2.24) is 10.6 Å². The summed E-state index contributed by atoms with van der Waals surface area (Å²) in [6, 6.07) is 10.6. The summed E-state index contributed by atoms with van der Waals surface area (Å²) in [4.78, 5) is 4.20. The van der Waals surface area contributed by atoms with Crippen LogP contribution in [-0.4, -0.2) is 40.4 Å². The summed E-state index contributed by atoms with van der Waals surface area (Å²) < 4.78 is 30.2. The molecule has 0 radical (unpaired) electrons. The highest BCUT2D eigenvalue weighted by Crippen LogP contribution is 2.38. The van der Waals surface area contributed by atoms with Gasteiger partial charge >= 0.3 is 0 Å². The lowest BCUT2D eigenvalue weighted by Gasteiger charge is -2.16. The Hall–Kier alpha value is -2.23. The van der Waals surface area contributed by atoms with Gasteiger partial charge in [0.2, 0.25) is 5.75 Å². The van der Waals surface area contributed by atoms with Gasteiger partial charge < -0.3 is 24.8 Å². The molecule has 2 aromatic rings. The zero-order valence-electron chi connectivity index (χ0n) is 17.3. The maximum Gasteiger partial charge on any atom is 0.203 e. The molecule has 6 nitrogen and oxygen atoms in total. The second-order valence-corrected chi connectivity index (χ2v) is 5.96. The van der Waals surface area contributed by atoms with Gasteiger partial charge in [0.1, 0.15) is 5.82 Å². The third-order valence-electron chi connectivity index (χ3n) is 4.14. The van der Waals surface area contributed by atoms with Crippen molar-refractivity contribution in [3.05, 3.63) is 53.3 Å². The topological polar surface area (TPSA) is 64.1 Å². The first-order valence-corrected chi connectivity index (χ1v) is 9.18. The Morgan fingerprint density at radius 3 is 2.28 bits per heavy atom. The first-order valence-electron chi connectivity index (χ1n) is 9.18. The van der Waals surface area contributed by atoms with Crippen molar-refractivity contribution in [1.29, 1.82) is 0 Å². The van der Waals surface area contributed by atoms with Gasteiger partial charge in [0.15, 0.2) is 17.5 Å². The van der Waals surface area contributed by atoms with Gasteiger partial charge in [-0.25, -0.2) is 4.39 Å². The number of nitrogens with one attached hydrogen (secondary N) is 2. The predicted molar refractivity (Wildman–Crippen MR) is 124 cm³/mol. The quantitative estimate of drug-likeness (QED) is 0.301. The number of halogens is 2. The number of ether oxygens (including phenoxy) is 3. The van der Waals surface area contributed by atoms with Crippen molar-refractivity contribution in [2.75, 3.05) is 34.4 Å². The molecule has 0 spiro atoms. The molecule has 0 saturated carbocycles. The van der Waals surface area contributed by atoms with Gasteiger partial charge in [-0.15, -0.1) is 24.0 Å². The van der Waals surface area contributed by atoms with Gasteiger partial charge in [-0.3, -0.25) is 4.99 Å². The van der Waals surface area contributed by atoms with Crippen LogP contribution in [0.15, 0.2) is 41.4 Å². The summed E-state index contributed by atoms with van der Waals surface area (Å²) in [7, 11) is 4.88. The van der Waals surface area contributed by atoms with Gasteiger partial charge in [0, 0.05) is 20.1 Å². The fraction of sp³-hybridized carbons (Fsp3) is 0.381. The standard InChI is InChI=1S/C21H28FN3O3.HI/c1-5-28-20-18(26-3)12-15(13-19(20)27-4)14-25-21(23-2)24-11-10-16-8-6-7-9-17(16)22;/h6-9,12-13H,5,10-11,14H2,1-4H3,(H2,23,24,25);1H. The van der Waals surface area contributed by atoms with Crippen LogP contribution in [0, 0.1) is 5.82 Å². The molecule has 0 bridgehead atoms. The summed E-state index contributed by atoms with van der Waals surface area (Å²) in [5.41, 5.74) is 1.63. The van der Waals surface area contributed by atoms with E-state index in [1.807, 2.05) is 25.1 Å². The molecule has 0 aromatic heterocycles. The summed E-state index contributed by atoms with van der Waals surface area (Å²) >= 11 is 0. The van der Waals surface area contributed by atoms with Crippen LogP contribution >= 0.6 is 24.0 Å². The van der Waals surface area contributed by atoms with Crippen LogP contribution in [0.25, 0.3) is 0 Å². The van der Waals surface area contributed by atoms with E-state index in [-0.39, 0.29) is 29.8 Å². The Balaban J connectivity index is 0.00000420. The van der Waals surface area contributed by atoms with Crippen LogP contribution < -0.4 is 24.8 Å². The lowest BCUT2D eigenvalue weighted by Crippen LogP contribution is -2.37. The number of aliphatic imine (C=N–C) groups is 1. The van der Waals surface area contributed by atoms with E-state index in [1.165, 1.54) is 6.07 Å². The van der Waals surface area contributed by atoms with E-state index in [0.717, 1.165) is 5.56 Å². The molecule has 0 aliphatic heterocycles. The van der Waals surface area contributed by atoms with E-state index in [0.29, 0.717) is 54.9 Å². The molecule has 8 heteroatoms. The van der Waals surface area contributed by atoms with E-state index in [2.05, 4.69) is 15.6 Å². The lowest BCUT2D eigenvalue weighted by molar-refractivity contribution is 0.288. The van der Waals surface area contributed by atoms with Crippen molar-refractivity contribution in [3.63, 3.8) is 0 Å². The molecular weight excluding hydrogens is 488 g/mol. The number of hydrogen-bond acceptors (Lipinski definition) is 4. The molecule has 0 amide bonds. The van der Waals surface area contributed by atoms with Crippen molar-refractivity contribution < 1.29 is 18.6 Å². The average Bonchev–Trinajstić information content (AvgIpc) is 2.72. The number of nitrogens with zero attached hydrogens (tertiary/aromatic N) is 1. The summed E-state index contributed by atoms with van der Waals surface area (Å²) in [5.74, 6) is 2.24. The maximum atomic E-state index is 13.7. The molecule has 2 rings (SSSR count). The molecule has 2 N–H and O–H groups in total. The molecule has 0 saturated heterocycles. The highest BCUT2D eigenvalue weighted by Gasteiger charge is 2.14. The highest BCUT2D eigenvalue weighted by molar-refractivity contribution is 14.0. The SMILES string of the molecule is CCOc1c(OC)cc(CNC(=NC)NCCc2ccccc2F)cc1OC.I. The van der Waals surface area contributed by atoms with Gasteiger partial charge in [-0.05, 0) is 42.7 Å². The summed E-state index contributed by atoms with van der Waals surface area (Å²) in [6.45, 7) is 3.50. The molecule has 160 valence electrons. The van der Waals surface area contributed by atoms with Gasteiger partial charge in [-0.1, -0.05) is 18.2 Å². The summed E-state index contributed by atoms with van der Waals surface area (Å²) in [6.07, 6.45) is 0.568. The normalized spacial score (nSPS) is 10.7. The third kappa shape index (κ3) is 7.26. The molecule has 0 unspecified atom stereocenters. The zero-order chi connectivity index (χ0) is 20.4. The molecule has 0 heterocycles. The predicted octanol–water partition coefficient (Wildman–Crippen LogP) is 3.77. The van der Waals surface area contributed by atoms with Gasteiger partial charge in [0.25, 0.3) is 0 Å². The molecule has 0 fully saturated rings. The molecule has 0 aliphatic rings. The minimum absolute atomic E-state index is 0. The fourth-order valence-electron chi connectivity index (χ4n) is 2.75. The minimum atomic E-state index is -0.194. The molecular formula is C21H29FIN3O3. The maximum absolute atomic E-state index is 13.7. The van der Waals surface area contributed by atoms with E-state index in [9.17, 15) is 4.39 Å². The first kappa shape index (κ1) is 24.8. The molecule has 0 atom stereocenters. The van der Waals surface area contributed by atoms with E-state index < -0.39 is 0 Å². The van der Waals surface area contributed by atoms with E-state index >= 15 is 0 Å². The van der Waals surface area contributed by atoms with Gasteiger partial charge in [-0.2, -0.15) is 0 Å². The van der Waals surface area contributed by atoms with E-state index in [1.54, 1.807) is 33.4 Å². The zero-order valence-corrected chi connectivity index (χ0v) is 19.6. The van der Waals surface area contributed by atoms with Crippen LogP contribution in [-0.2, 0) is 13.0 Å². The Kier molecular flexibility index (Phi) is 11.2. The molecule has 2 aromatic carbocycles. The van der Waals surface area contributed by atoms with Crippen LogP contribution in [0.5, 0.6) is 17.2 Å². The minimum Gasteiger partial charge on any atom is -0.493 e. The first-order chi connectivity index (χ1) is 13.6. The van der Waals surface area contributed by atoms with Crippen molar-refractivity contribution in [3.8, 4) is 17.2 Å². The average molecular weight is 517 g/mol. The fourth-order valence-corrected chi connectivity index (χ4v) is 2.75. The smallest absolute Gasteiger partial charge is 0.203 e. The van der Waals surface area contributed by atoms with Crippen LogP contribution in [0.2, 0.25) is 0 Å². The van der Waals surface area contributed by atoms with Crippen molar-refractivity contribution in [2.45, 2.75) is 19.9 Å². The largest absolute Gasteiger partial charge is 0.493 e. The van der Waals surface area contributed by atoms with E-state index in [4.69, 9.17) is 14.2 Å². The number of hydrogen-bond donors (Lipinski definition) is 2. The number of methoxy groups -OCH3 is 2. The monoisotopic (exact) mass is 517 g/mol. The Morgan fingerprint density at radius 1 is 1.07 bits per heavy atom. The lowest BCUT2D eigenvalue weighted by atomic mass is 10.1. The number of rotatable bonds is 9.